The van der Waals surface area contributed by atoms with Crippen molar-refractivity contribution < 1.29 is 108 Å². The Labute approximate surface area is 698 Å². The van der Waals surface area contributed by atoms with E-state index in [1.807, 2.05) is 45.0 Å². The van der Waals surface area contributed by atoms with Crippen molar-refractivity contribution in [2.45, 2.75) is 153 Å². The number of nitrogens with zero attached hydrogens (tertiary/aromatic N) is 14. The van der Waals surface area contributed by atoms with Gasteiger partial charge in [0.15, 0.2) is 45.4 Å². The molecule has 638 valence electrons. The van der Waals surface area contributed by atoms with Crippen molar-refractivity contribution in [2.24, 2.45) is 33.7 Å². The number of alkyl halides is 1. The second-order valence-corrected chi connectivity index (χ2v) is 36.4. The molecule has 0 fully saturated rings. The number of thiazole rings is 5. The predicted octanol–water partition coefficient (Wildman–Crippen LogP) is 8.35. The Bertz CT molecular complexity index is 5250. The van der Waals surface area contributed by atoms with E-state index in [1.54, 1.807) is 111 Å². The summed E-state index contributed by atoms with van der Waals surface area (Å²) in [6.07, 6.45) is 0. The summed E-state index contributed by atoms with van der Waals surface area (Å²) in [5.41, 5.74) is 33.5. The lowest BCUT2D eigenvalue weighted by Gasteiger charge is -2.19. The number of methoxy groups -OCH3 is 1. The number of hydrogen-bond acceptors (Lipinski definition) is 37. The van der Waals surface area contributed by atoms with Crippen molar-refractivity contribution in [1.29, 1.82) is 0 Å². The number of esters is 3. The van der Waals surface area contributed by atoms with E-state index in [0.717, 1.165) is 53.9 Å². The molecule has 0 atom stereocenters. The highest BCUT2D eigenvalue weighted by atomic mass is 79.9. The fraction of sp³-hybridized carbons (Fsp3) is 0.470. The van der Waals surface area contributed by atoms with E-state index in [0.29, 0.717) is 52.7 Å². The number of ether oxygens (including phenoxy) is 4. The highest BCUT2D eigenvalue weighted by Gasteiger charge is 2.36. The molecule has 117 heavy (non-hydrogen) atoms. The number of primary amides is 5. The highest BCUT2D eigenvalue weighted by molar-refractivity contribution is 9.09. The van der Waals surface area contributed by atoms with E-state index in [-0.39, 0.29) is 105 Å². The van der Waals surface area contributed by atoms with Crippen LogP contribution in [0.5, 0.6) is 5.75 Å². The maximum Gasteiger partial charge on any atom is 0.697 e. The van der Waals surface area contributed by atoms with Crippen molar-refractivity contribution in [3.8, 4) is 5.75 Å². The first-order valence-electron chi connectivity index (χ1n) is 34.7. The molecule has 1 aromatic carbocycles. The van der Waals surface area contributed by atoms with E-state index in [4.69, 9.17) is 70.8 Å². The number of carboxylic acids is 1. The summed E-state index contributed by atoms with van der Waals surface area (Å²) in [7, 11) is -7.50. The zero-order chi connectivity index (χ0) is 87.7. The molecule has 11 rings (SSSR count). The third-order valence-electron chi connectivity index (χ3n) is 13.3. The molecule has 51 heteroatoms. The molecule has 0 unspecified atom stereocenters. The smallest absolute Gasteiger partial charge is 0.497 e. The second kappa shape index (κ2) is 44.5. The molecule has 1 aliphatic rings. The molecule has 0 aliphatic carbocycles. The molecular formula is C66H90BrN19O23P3S5+. The first-order valence-corrected chi connectivity index (χ1v) is 44.3. The number of fused-ring (bicyclic) bond motifs is 5. The van der Waals surface area contributed by atoms with E-state index in [1.165, 1.54) is 43.4 Å². The number of carbonyl (C=O) groups is 9. The van der Waals surface area contributed by atoms with Crippen LogP contribution in [-0.4, -0.2) is 197 Å². The molecule has 0 bridgehead atoms. The lowest BCUT2D eigenvalue weighted by molar-refractivity contribution is -0.156. The summed E-state index contributed by atoms with van der Waals surface area (Å²) in [5.74, 6) is -4.86. The number of carboxylic acid groups (broad SMARTS) is 1. The molecule has 1 aliphatic heterocycles. The molecule has 0 saturated heterocycles. The SMILES string of the molecule is CC(C)(C)OC(=O)CBr.CC(C)(C)OC(=O)Cn1nc(C(N)=O)c2scnc21.CCOP(=O)(OCC)c1nc2c(s1)c(C(N)=O)nn2CC(=O)O.CCOP(=O)(OCC)c1nc2c(s1)c(C(N)=O)nn2CC(=O)OC(C)(C)C.CCO[P+](=O)OCC.COc1ccc(Cn2nc(C(N)=O)c3scnc32)cc1.NC(=O)C1=NCc2ncsc21. The van der Waals surface area contributed by atoms with Crippen LogP contribution >= 0.6 is 96.1 Å². The number of hydrogen-bond donors (Lipinski definition) is 6. The van der Waals surface area contributed by atoms with Crippen molar-refractivity contribution in [3.05, 3.63) is 79.7 Å². The Morgan fingerprint density at radius 2 is 0.872 bits per heavy atom. The Morgan fingerprint density at radius 3 is 1.22 bits per heavy atom. The van der Waals surface area contributed by atoms with Gasteiger partial charge in [-0.1, -0.05) is 28.1 Å². The lowest BCUT2D eigenvalue weighted by atomic mass is 10.2. The molecule has 0 radical (unpaired) electrons. The van der Waals surface area contributed by atoms with Gasteiger partial charge in [0, 0.05) is 4.57 Å². The van der Waals surface area contributed by atoms with E-state index in [2.05, 4.69) is 75.3 Å². The third-order valence-corrected chi connectivity index (χ3v) is 24.3. The zero-order valence-corrected chi connectivity index (χ0v) is 74.7. The number of carbonyl (C=O) groups excluding carboxylic acids is 8. The van der Waals surface area contributed by atoms with Gasteiger partial charge in [-0.15, -0.1) is 65.7 Å². The quantitative estimate of drug-likeness (QED) is 0.0111. The summed E-state index contributed by atoms with van der Waals surface area (Å²) in [6.45, 7) is 27.8. The summed E-state index contributed by atoms with van der Waals surface area (Å²) in [6, 6.07) is 7.66. The standard InChI is InChI=1S/C15H23N4O6PS.C13H12N4O2S.C11H15N4O6PS.C11H14N4O3S.C6H11BrO2.C6H5N3OS.C4H10O3P/c1-6-23-26(22,24-7-2)14-17-13-11(27-14)10(12(16)21)18-19(13)8-9(20)25-15(3,4)5;1-19-9-4-2-8(3-5-9)6-17-13-11(20-7-15-13)10(16-17)12(14)18;1-3-20-22(19,21-4-2)11-13-10-8(23-11)7(9(12)18)14-15(10)5-6(16)17;1-11(2,3)18-6(16)4-15-10-8(19-5-13-10)7(14-15)9(12)17;1-6(2,3)9-5(8)4-7;7-6(10)4-5-3(1-8-4)9-2-11-5;1-3-6-8(5)7-4-2/h6-8H2,1-5H3,(H2,16,21);2-5,7H,6H2,1H3,(H2,14,18);3-5H2,1-2H3,(H2,12,18)(H,16,17);5H,4H2,1-3H3,(H2,12,17);4H2,1-3H3;2H,1H2,(H2,7,10);3-4H2,1-2H3/q;;;;;;+1. The maximum absolute atomic E-state index is 13.0. The lowest BCUT2D eigenvalue weighted by Crippen LogP contribution is -2.27. The van der Waals surface area contributed by atoms with Crippen LogP contribution in [0.4, 0.5) is 0 Å². The maximum atomic E-state index is 13.0. The molecular weight excluding hydrogens is 1760 g/mol. The van der Waals surface area contributed by atoms with Crippen molar-refractivity contribution in [3.63, 3.8) is 0 Å². The minimum atomic E-state index is -3.65. The topological polar surface area (TPSA) is 596 Å². The van der Waals surface area contributed by atoms with Crippen LogP contribution in [0, 0.1) is 0 Å². The molecule has 10 aromatic rings. The Hall–Kier alpha value is -9.25. The van der Waals surface area contributed by atoms with Crippen LogP contribution in [0.25, 0.3) is 41.4 Å². The summed E-state index contributed by atoms with van der Waals surface area (Å²) in [4.78, 5) is 127. The average molecular weight is 1850 g/mol. The largest absolute Gasteiger partial charge is 0.697 e. The van der Waals surface area contributed by atoms with Crippen molar-refractivity contribution >= 4 is 206 Å². The minimum Gasteiger partial charge on any atom is -0.497 e. The van der Waals surface area contributed by atoms with Gasteiger partial charge in [0.05, 0.1) is 73.7 Å². The third kappa shape index (κ3) is 29.1. The van der Waals surface area contributed by atoms with Gasteiger partial charge in [0.1, 0.15) is 85.2 Å². The first-order chi connectivity index (χ1) is 54.8. The molecule has 42 nitrogen and oxygen atoms in total. The second-order valence-electron chi connectivity index (χ2n) is 25.8. The van der Waals surface area contributed by atoms with Crippen LogP contribution in [-0.2, 0) is 112 Å². The number of halogens is 1. The number of nitrogens with two attached hydrogens (primary N) is 5. The van der Waals surface area contributed by atoms with Crippen LogP contribution in [0.1, 0.15) is 162 Å². The van der Waals surface area contributed by atoms with Crippen molar-refractivity contribution in [2.75, 3.05) is 52.1 Å². The van der Waals surface area contributed by atoms with Gasteiger partial charge < -0.3 is 70.8 Å². The molecule has 5 amide bonds. The highest BCUT2D eigenvalue weighted by Crippen LogP contribution is 2.50. The minimum absolute atomic E-state index is 0.0234. The Kier molecular flexibility index (Phi) is 37.4. The normalized spacial score (nSPS) is 11.8. The number of amides is 5. The van der Waals surface area contributed by atoms with Gasteiger partial charge in [-0.25, -0.2) is 43.6 Å². The average Bonchev–Trinajstić information content (AvgIpc) is 1.61. The summed E-state index contributed by atoms with van der Waals surface area (Å²) >= 11 is 8.84. The number of aromatic nitrogens is 13. The van der Waals surface area contributed by atoms with Crippen LogP contribution in [0.15, 0.2) is 45.8 Å². The predicted molar refractivity (Wildman–Crippen MR) is 440 cm³/mol. The molecule has 0 saturated carbocycles. The first kappa shape index (κ1) is 98.3. The van der Waals surface area contributed by atoms with Crippen molar-refractivity contribution in [1.82, 2.24) is 64.0 Å². The van der Waals surface area contributed by atoms with E-state index in [9.17, 15) is 56.8 Å². The molecule has 9 aromatic heterocycles. The Morgan fingerprint density at radius 1 is 0.504 bits per heavy atom. The number of benzene rings is 1. The molecule has 0 spiro atoms. The monoisotopic (exact) mass is 1850 g/mol. The van der Waals surface area contributed by atoms with Gasteiger partial charge in [-0.05, 0) is 122 Å². The molecule has 10 heterocycles. The van der Waals surface area contributed by atoms with Crippen LogP contribution in [0.2, 0.25) is 0 Å². The zero-order valence-electron chi connectivity index (χ0n) is 66.4. The Balaban J connectivity index is 0.000000252. The summed E-state index contributed by atoms with van der Waals surface area (Å²) in [5, 5.41) is 25.3. The number of rotatable bonds is 29. The number of aliphatic carboxylic acids is 1. The van der Waals surface area contributed by atoms with Gasteiger partial charge in [-0.3, -0.25) is 57.3 Å². The fourth-order valence-corrected chi connectivity index (χ4v) is 18.2. The molecule has 11 N–H and O–H groups in total. The van der Waals surface area contributed by atoms with Gasteiger partial charge >= 0.3 is 47.3 Å². The van der Waals surface area contributed by atoms with Gasteiger partial charge in [-0.2, -0.15) is 20.4 Å². The van der Waals surface area contributed by atoms with Crippen LogP contribution in [0.3, 0.4) is 0 Å². The van der Waals surface area contributed by atoms with E-state index < -0.39 is 88.6 Å². The van der Waals surface area contributed by atoms with Gasteiger partial charge in [0.2, 0.25) is 9.50 Å². The fourth-order valence-electron chi connectivity index (χ4n) is 9.21. The summed E-state index contributed by atoms with van der Waals surface area (Å²) < 4.78 is 93.8. The van der Waals surface area contributed by atoms with Gasteiger partial charge in [0.25, 0.3) is 29.5 Å². The number of aliphatic imine (C=N–C) groups is 1. The van der Waals surface area contributed by atoms with Crippen LogP contribution < -0.4 is 42.9 Å². The van der Waals surface area contributed by atoms with E-state index >= 15 is 0 Å².